The molecule has 0 fully saturated rings. The molecular weight excluding hydrogens is 256 g/mol. The maximum atomic E-state index is 12.1. The summed E-state index contributed by atoms with van der Waals surface area (Å²) in [6.07, 6.45) is 1.72. The van der Waals surface area contributed by atoms with E-state index in [-0.39, 0.29) is 5.91 Å². The summed E-state index contributed by atoms with van der Waals surface area (Å²) in [6.45, 7) is 2.18. The largest absolute Gasteiger partial charge is 0.393 e. The minimum absolute atomic E-state index is 0.201. The van der Waals surface area contributed by atoms with E-state index in [4.69, 9.17) is 0 Å². The lowest BCUT2D eigenvalue weighted by Crippen LogP contribution is -2.29. The minimum atomic E-state index is -0.426. The first-order chi connectivity index (χ1) is 9.58. The highest BCUT2D eigenvalue weighted by atomic mass is 16.3. The van der Waals surface area contributed by atoms with Crippen LogP contribution in [0, 0.1) is 0 Å². The molecule has 0 radical (unpaired) electrons. The predicted octanol–water partition coefficient (Wildman–Crippen LogP) is 1.11. The number of nitrogens with zero attached hydrogens (tertiary/aromatic N) is 4. The van der Waals surface area contributed by atoms with Crippen LogP contribution in [0.25, 0.3) is 5.69 Å². The molecule has 20 heavy (non-hydrogen) atoms. The van der Waals surface area contributed by atoms with Gasteiger partial charge in [-0.25, -0.2) is 4.68 Å². The lowest BCUT2D eigenvalue weighted by atomic mass is 10.2. The number of aliphatic hydroxyl groups is 1. The van der Waals surface area contributed by atoms with E-state index in [9.17, 15) is 9.90 Å². The summed E-state index contributed by atoms with van der Waals surface area (Å²) in [5.74, 6) is -0.201. The Morgan fingerprint density at radius 1 is 1.40 bits per heavy atom. The zero-order chi connectivity index (χ0) is 14.5. The van der Waals surface area contributed by atoms with E-state index in [0.717, 1.165) is 5.69 Å². The number of amides is 1. The van der Waals surface area contributed by atoms with Crippen molar-refractivity contribution in [1.82, 2.24) is 19.9 Å². The van der Waals surface area contributed by atoms with E-state index in [1.165, 1.54) is 4.90 Å². The highest BCUT2D eigenvalue weighted by molar-refractivity contribution is 5.91. The van der Waals surface area contributed by atoms with Crippen molar-refractivity contribution in [3.05, 3.63) is 42.2 Å². The molecule has 2 rings (SSSR count). The molecule has 1 heterocycles. The van der Waals surface area contributed by atoms with E-state index < -0.39 is 6.10 Å². The molecule has 1 aromatic heterocycles. The second-order valence-corrected chi connectivity index (χ2v) is 4.75. The summed E-state index contributed by atoms with van der Waals surface area (Å²) in [4.78, 5) is 13.7. The Hall–Kier alpha value is -2.21. The van der Waals surface area contributed by atoms with Gasteiger partial charge in [-0.3, -0.25) is 4.79 Å². The molecule has 6 heteroatoms. The van der Waals surface area contributed by atoms with Crippen LogP contribution in [0.15, 0.2) is 36.5 Å². The van der Waals surface area contributed by atoms with Gasteiger partial charge in [0.15, 0.2) is 5.69 Å². The van der Waals surface area contributed by atoms with Gasteiger partial charge in [0.05, 0.1) is 18.0 Å². The van der Waals surface area contributed by atoms with Crippen LogP contribution in [0.1, 0.15) is 23.8 Å². The number of aliphatic hydroxyl groups excluding tert-OH is 1. The maximum Gasteiger partial charge on any atom is 0.275 e. The molecule has 0 spiro atoms. The molecule has 0 saturated heterocycles. The van der Waals surface area contributed by atoms with Crippen molar-refractivity contribution in [3.8, 4) is 5.69 Å². The third-order valence-electron chi connectivity index (χ3n) is 2.96. The monoisotopic (exact) mass is 274 g/mol. The standard InChI is InChI=1S/C14H18N4O2/c1-11(19)8-9-17(2)14(20)13-10-18(16-15-13)12-6-4-3-5-7-12/h3-7,10-11,19H,8-9H2,1-2H3. The molecule has 1 N–H and O–H groups in total. The number of rotatable bonds is 5. The van der Waals surface area contributed by atoms with Crippen molar-refractivity contribution < 1.29 is 9.90 Å². The van der Waals surface area contributed by atoms with Gasteiger partial charge in [0.1, 0.15) is 0 Å². The quantitative estimate of drug-likeness (QED) is 0.886. The van der Waals surface area contributed by atoms with E-state index in [1.54, 1.807) is 24.9 Å². The first-order valence-electron chi connectivity index (χ1n) is 6.49. The molecule has 6 nitrogen and oxygen atoms in total. The third-order valence-corrected chi connectivity index (χ3v) is 2.96. The highest BCUT2D eigenvalue weighted by Gasteiger charge is 2.16. The van der Waals surface area contributed by atoms with Gasteiger partial charge in [-0.05, 0) is 25.5 Å². The van der Waals surface area contributed by atoms with Crippen LogP contribution in [0.4, 0.5) is 0 Å². The zero-order valence-electron chi connectivity index (χ0n) is 11.6. The van der Waals surface area contributed by atoms with Crippen LogP contribution >= 0.6 is 0 Å². The molecular formula is C14H18N4O2. The fourth-order valence-corrected chi connectivity index (χ4v) is 1.75. The lowest BCUT2D eigenvalue weighted by molar-refractivity contribution is 0.0763. The molecule has 106 valence electrons. The van der Waals surface area contributed by atoms with Crippen LogP contribution in [0.2, 0.25) is 0 Å². The number of aromatic nitrogens is 3. The molecule has 1 atom stereocenters. The molecule has 1 aromatic carbocycles. The van der Waals surface area contributed by atoms with E-state index in [1.807, 2.05) is 30.3 Å². The first-order valence-corrected chi connectivity index (χ1v) is 6.49. The lowest BCUT2D eigenvalue weighted by Gasteiger charge is -2.16. The van der Waals surface area contributed by atoms with Gasteiger partial charge in [0.2, 0.25) is 0 Å². The summed E-state index contributed by atoms with van der Waals surface area (Å²) < 4.78 is 1.57. The normalized spacial score (nSPS) is 12.2. The van der Waals surface area contributed by atoms with Gasteiger partial charge in [-0.2, -0.15) is 0 Å². The third kappa shape index (κ3) is 3.42. The summed E-state index contributed by atoms with van der Waals surface area (Å²) in [5.41, 5.74) is 1.15. The van der Waals surface area contributed by atoms with Crippen LogP contribution < -0.4 is 0 Å². The Balaban J connectivity index is 2.07. The number of benzene rings is 1. The molecule has 0 aliphatic heterocycles. The molecule has 0 aliphatic rings. The van der Waals surface area contributed by atoms with Crippen molar-refractivity contribution in [3.63, 3.8) is 0 Å². The SMILES string of the molecule is CC(O)CCN(C)C(=O)c1cn(-c2ccccc2)nn1. The first kappa shape index (κ1) is 14.2. The number of hydrogen-bond donors (Lipinski definition) is 1. The molecule has 0 saturated carbocycles. The average molecular weight is 274 g/mol. The van der Waals surface area contributed by atoms with Crippen LogP contribution in [-0.4, -0.2) is 50.6 Å². The van der Waals surface area contributed by atoms with Crippen molar-refractivity contribution >= 4 is 5.91 Å². The summed E-state index contributed by atoms with van der Waals surface area (Å²) in [6, 6.07) is 9.48. The zero-order valence-corrected chi connectivity index (χ0v) is 11.6. The number of hydrogen-bond acceptors (Lipinski definition) is 4. The predicted molar refractivity (Wildman–Crippen MR) is 74.6 cm³/mol. The van der Waals surface area contributed by atoms with Crippen molar-refractivity contribution in [2.24, 2.45) is 0 Å². The summed E-state index contributed by atoms with van der Waals surface area (Å²) >= 11 is 0. The van der Waals surface area contributed by atoms with Crippen LogP contribution in [-0.2, 0) is 0 Å². The Labute approximate surface area is 117 Å². The molecule has 0 bridgehead atoms. The van der Waals surface area contributed by atoms with Crippen molar-refractivity contribution in [2.45, 2.75) is 19.4 Å². The van der Waals surface area contributed by atoms with Gasteiger partial charge in [0, 0.05) is 13.6 Å². The molecule has 0 aliphatic carbocycles. The van der Waals surface area contributed by atoms with Crippen LogP contribution in [0.5, 0.6) is 0 Å². The second-order valence-electron chi connectivity index (χ2n) is 4.75. The van der Waals surface area contributed by atoms with Crippen molar-refractivity contribution in [1.29, 1.82) is 0 Å². The fourth-order valence-electron chi connectivity index (χ4n) is 1.75. The number of para-hydroxylation sites is 1. The topological polar surface area (TPSA) is 71.2 Å². The van der Waals surface area contributed by atoms with Gasteiger partial charge in [-0.1, -0.05) is 23.4 Å². The Morgan fingerprint density at radius 3 is 2.75 bits per heavy atom. The Kier molecular flexibility index (Phi) is 4.47. The van der Waals surface area contributed by atoms with Gasteiger partial charge < -0.3 is 10.0 Å². The number of carbonyl (C=O) groups excluding carboxylic acids is 1. The fraction of sp³-hybridized carbons (Fsp3) is 0.357. The van der Waals surface area contributed by atoms with Crippen molar-refractivity contribution in [2.75, 3.05) is 13.6 Å². The highest BCUT2D eigenvalue weighted by Crippen LogP contribution is 2.07. The second kappa shape index (κ2) is 6.29. The average Bonchev–Trinajstić information content (AvgIpc) is 2.94. The molecule has 1 unspecified atom stereocenters. The maximum absolute atomic E-state index is 12.1. The van der Waals surface area contributed by atoms with E-state index >= 15 is 0 Å². The summed E-state index contributed by atoms with van der Waals surface area (Å²) in [5, 5.41) is 17.1. The molecule has 2 aromatic rings. The Bertz CT molecular complexity index is 566. The van der Waals surface area contributed by atoms with E-state index in [2.05, 4.69) is 10.3 Å². The Morgan fingerprint density at radius 2 is 2.10 bits per heavy atom. The summed E-state index contributed by atoms with van der Waals surface area (Å²) in [7, 11) is 1.69. The van der Waals surface area contributed by atoms with Gasteiger partial charge in [-0.15, -0.1) is 5.10 Å². The molecule has 1 amide bonds. The van der Waals surface area contributed by atoms with Crippen LogP contribution in [0.3, 0.4) is 0 Å². The van der Waals surface area contributed by atoms with Gasteiger partial charge >= 0.3 is 0 Å². The number of carbonyl (C=O) groups is 1. The van der Waals surface area contributed by atoms with Gasteiger partial charge in [0.25, 0.3) is 5.91 Å². The van der Waals surface area contributed by atoms with E-state index in [0.29, 0.717) is 18.7 Å². The minimum Gasteiger partial charge on any atom is -0.393 e. The smallest absolute Gasteiger partial charge is 0.275 e.